The van der Waals surface area contributed by atoms with E-state index in [1.807, 2.05) is 36.4 Å². The van der Waals surface area contributed by atoms with Crippen molar-refractivity contribution in [2.75, 3.05) is 10.7 Å². The minimum Gasteiger partial charge on any atom is -0.316 e. The Bertz CT molecular complexity index is 1200. The molecule has 0 saturated carbocycles. The number of hydrogen-bond donors (Lipinski definition) is 2. The first-order chi connectivity index (χ1) is 14.1. The number of carbonyl (C=O) groups is 1. The number of hydrogen-bond acceptors (Lipinski definition) is 5. The normalized spacial score (nSPS) is 11.1. The van der Waals surface area contributed by atoms with Crippen LogP contribution in [0.15, 0.2) is 71.8 Å². The number of rotatable bonds is 5. The number of carbonyl (C=O) groups excluding carboxylic acids is 1. The van der Waals surface area contributed by atoms with Gasteiger partial charge in [-0.15, -0.1) is 0 Å². The summed E-state index contributed by atoms with van der Waals surface area (Å²) in [6.07, 6.45) is 1.77. The Labute approximate surface area is 177 Å². The Kier molecular flexibility index (Phi) is 5.55. The maximum Gasteiger partial charge on any atom is 0.221 e. The molecule has 1 amide bonds. The molecule has 0 saturated heterocycles. The van der Waals surface area contributed by atoms with Gasteiger partial charge in [0.1, 0.15) is 10.7 Å². The molecule has 0 aliphatic rings. The summed E-state index contributed by atoms with van der Waals surface area (Å²) >= 11 is 7.30. The van der Waals surface area contributed by atoms with Crippen LogP contribution < -0.4 is 10.7 Å². The van der Waals surface area contributed by atoms with Crippen molar-refractivity contribution in [2.24, 2.45) is 5.10 Å². The van der Waals surface area contributed by atoms with Gasteiger partial charge in [0.2, 0.25) is 11.0 Å². The number of nitrogens with zero attached hydrogens (tertiary/aromatic N) is 2. The lowest BCUT2D eigenvalue weighted by Crippen LogP contribution is -2.05. The first kappa shape index (κ1) is 19.1. The number of nitrogens with one attached hydrogen (secondary N) is 2. The van der Waals surface area contributed by atoms with Gasteiger partial charge in [0, 0.05) is 23.1 Å². The van der Waals surface area contributed by atoms with Gasteiger partial charge in [-0.25, -0.2) is 4.98 Å². The molecule has 144 valence electrons. The van der Waals surface area contributed by atoms with Crippen LogP contribution in [0.2, 0.25) is 5.02 Å². The number of thiazole rings is 1. The van der Waals surface area contributed by atoms with E-state index in [0.29, 0.717) is 20.8 Å². The average Bonchev–Trinajstić information content (AvgIpc) is 3.10. The highest BCUT2D eigenvalue weighted by Gasteiger charge is 2.14. The number of halogens is 1. The maximum absolute atomic E-state index is 11.6. The molecule has 4 rings (SSSR count). The van der Waals surface area contributed by atoms with Crippen molar-refractivity contribution in [3.8, 4) is 11.3 Å². The molecular weight excluding hydrogens is 404 g/mol. The fraction of sp³-hybridized carbons (Fsp3) is 0.0455. The van der Waals surface area contributed by atoms with E-state index in [-0.39, 0.29) is 5.91 Å². The van der Waals surface area contributed by atoms with Crippen LogP contribution >= 0.6 is 22.9 Å². The summed E-state index contributed by atoms with van der Waals surface area (Å²) in [6, 6.07) is 21.5. The fourth-order valence-electron chi connectivity index (χ4n) is 2.94. The van der Waals surface area contributed by atoms with Gasteiger partial charge >= 0.3 is 0 Å². The molecule has 4 aromatic rings. The summed E-state index contributed by atoms with van der Waals surface area (Å²) < 4.78 is 0. The molecule has 0 radical (unpaired) electrons. The number of benzene rings is 3. The minimum absolute atomic E-state index is 0.158. The van der Waals surface area contributed by atoms with Crippen LogP contribution in [0.5, 0.6) is 0 Å². The second-order valence-corrected chi connectivity index (χ2v) is 7.76. The molecule has 0 aliphatic heterocycles. The number of aromatic nitrogens is 1. The quantitative estimate of drug-likeness (QED) is 0.306. The Morgan fingerprint density at radius 1 is 1.07 bits per heavy atom. The molecule has 0 unspecified atom stereocenters. The molecule has 1 heterocycles. The van der Waals surface area contributed by atoms with Crippen molar-refractivity contribution in [3.05, 3.63) is 77.3 Å². The van der Waals surface area contributed by atoms with E-state index >= 15 is 0 Å². The van der Waals surface area contributed by atoms with Crippen molar-refractivity contribution in [3.63, 3.8) is 0 Å². The standard InChI is InChI=1S/C22H17ClN4OS/c1-14(28)25-21-20(16-9-11-18(23)12-10-16)26-22(29-21)27-24-13-17-7-4-6-15-5-2-3-8-19(15)17/h2-13H,1H3,(H,25,28)(H,26,27)/b24-13-. The van der Waals surface area contributed by atoms with E-state index in [9.17, 15) is 4.79 Å². The monoisotopic (exact) mass is 420 g/mol. The highest BCUT2D eigenvalue weighted by Crippen LogP contribution is 2.36. The lowest BCUT2D eigenvalue weighted by atomic mass is 10.1. The number of fused-ring (bicyclic) bond motifs is 1. The van der Waals surface area contributed by atoms with E-state index in [0.717, 1.165) is 21.9 Å². The van der Waals surface area contributed by atoms with E-state index in [4.69, 9.17) is 11.6 Å². The zero-order chi connectivity index (χ0) is 20.2. The van der Waals surface area contributed by atoms with Crippen LogP contribution in [-0.2, 0) is 4.79 Å². The Morgan fingerprint density at radius 3 is 2.62 bits per heavy atom. The van der Waals surface area contributed by atoms with Crippen molar-refractivity contribution >= 4 is 56.0 Å². The van der Waals surface area contributed by atoms with Gasteiger partial charge < -0.3 is 5.32 Å². The molecule has 0 aliphatic carbocycles. The summed E-state index contributed by atoms with van der Waals surface area (Å²) in [7, 11) is 0. The largest absolute Gasteiger partial charge is 0.316 e. The second kappa shape index (κ2) is 8.43. The van der Waals surface area contributed by atoms with Crippen LogP contribution in [0, 0.1) is 0 Å². The van der Waals surface area contributed by atoms with Gasteiger partial charge in [0.05, 0.1) is 6.21 Å². The first-order valence-corrected chi connectivity index (χ1v) is 10.1. The van der Waals surface area contributed by atoms with Gasteiger partial charge in [-0.2, -0.15) is 5.10 Å². The third kappa shape index (κ3) is 4.45. The van der Waals surface area contributed by atoms with Crippen LogP contribution in [0.4, 0.5) is 10.1 Å². The lowest BCUT2D eigenvalue weighted by Gasteiger charge is -2.02. The number of amides is 1. The van der Waals surface area contributed by atoms with Gasteiger partial charge in [0.15, 0.2) is 0 Å². The van der Waals surface area contributed by atoms with Crippen LogP contribution in [-0.4, -0.2) is 17.1 Å². The fourth-order valence-corrected chi connectivity index (χ4v) is 3.95. The van der Waals surface area contributed by atoms with Crippen molar-refractivity contribution in [2.45, 2.75) is 6.92 Å². The zero-order valence-electron chi connectivity index (χ0n) is 15.5. The lowest BCUT2D eigenvalue weighted by molar-refractivity contribution is -0.114. The number of anilines is 2. The topological polar surface area (TPSA) is 66.4 Å². The van der Waals surface area contributed by atoms with E-state index < -0.39 is 0 Å². The molecule has 7 heteroatoms. The smallest absolute Gasteiger partial charge is 0.221 e. The highest BCUT2D eigenvalue weighted by molar-refractivity contribution is 7.20. The van der Waals surface area contributed by atoms with Crippen LogP contribution in [0.3, 0.4) is 0 Å². The number of hydrazone groups is 1. The summed E-state index contributed by atoms with van der Waals surface area (Å²) in [5.41, 5.74) is 5.51. The summed E-state index contributed by atoms with van der Waals surface area (Å²) in [4.78, 5) is 16.2. The molecule has 5 nitrogen and oxygen atoms in total. The van der Waals surface area contributed by atoms with E-state index in [1.165, 1.54) is 18.3 Å². The van der Waals surface area contributed by atoms with Gasteiger partial charge in [-0.1, -0.05) is 77.5 Å². The van der Waals surface area contributed by atoms with Gasteiger partial charge in [-0.05, 0) is 22.9 Å². The SMILES string of the molecule is CC(=O)Nc1sc(N/N=C\c2cccc3ccccc23)nc1-c1ccc(Cl)cc1. The Morgan fingerprint density at radius 2 is 1.83 bits per heavy atom. The summed E-state index contributed by atoms with van der Waals surface area (Å²) in [5, 5.41) is 11.3. The Balaban J connectivity index is 1.60. The molecule has 3 aromatic carbocycles. The second-order valence-electron chi connectivity index (χ2n) is 6.32. The van der Waals surface area contributed by atoms with Gasteiger partial charge in [0.25, 0.3) is 0 Å². The molecule has 29 heavy (non-hydrogen) atoms. The molecule has 1 aromatic heterocycles. The van der Waals surface area contributed by atoms with E-state index in [1.54, 1.807) is 18.3 Å². The average molecular weight is 421 g/mol. The molecule has 0 fully saturated rings. The third-order valence-electron chi connectivity index (χ3n) is 4.22. The highest BCUT2D eigenvalue weighted by atomic mass is 35.5. The third-order valence-corrected chi connectivity index (χ3v) is 5.35. The maximum atomic E-state index is 11.6. The molecule has 0 bridgehead atoms. The molecule has 2 N–H and O–H groups in total. The van der Waals surface area contributed by atoms with Gasteiger partial charge in [-0.3, -0.25) is 10.2 Å². The summed E-state index contributed by atoms with van der Waals surface area (Å²) in [6.45, 7) is 1.47. The molecular formula is C22H17ClN4OS. The Hall–Kier alpha value is -3.22. The van der Waals surface area contributed by atoms with Crippen LogP contribution in [0.1, 0.15) is 12.5 Å². The van der Waals surface area contributed by atoms with E-state index in [2.05, 4.69) is 39.0 Å². The van der Waals surface area contributed by atoms with Crippen molar-refractivity contribution in [1.82, 2.24) is 4.98 Å². The van der Waals surface area contributed by atoms with Crippen LogP contribution in [0.25, 0.3) is 22.0 Å². The predicted octanol–water partition coefficient (Wildman–Crippen LogP) is 6.02. The molecule has 0 spiro atoms. The summed E-state index contributed by atoms with van der Waals surface area (Å²) in [5.74, 6) is -0.158. The van der Waals surface area contributed by atoms with Crippen molar-refractivity contribution < 1.29 is 4.79 Å². The zero-order valence-corrected chi connectivity index (χ0v) is 17.1. The van der Waals surface area contributed by atoms with Crippen molar-refractivity contribution in [1.29, 1.82) is 0 Å². The first-order valence-electron chi connectivity index (χ1n) is 8.91. The molecule has 0 atom stereocenters. The minimum atomic E-state index is -0.158. The predicted molar refractivity (Wildman–Crippen MR) is 122 cm³/mol.